The number of imide groups is 1. The van der Waals surface area contributed by atoms with Gasteiger partial charge in [-0.3, -0.25) is 19.2 Å². The maximum Gasteiger partial charge on any atom is 0.257 e. The summed E-state index contributed by atoms with van der Waals surface area (Å²) >= 11 is 0. The lowest BCUT2D eigenvalue weighted by Gasteiger charge is -2.33. The van der Waals surface area contributed by atoms with Crippen LogP contribution in [-0.2, 0) is 14.4 Å². The molecule has 4 amide bonds. The number of anilines is 2. The quantitative estimate of drug-likeness (QED) is 0.541. The molecule has 1 saturated heterocycles. The Morgan fingerprint density at radius 3 is 2.20 bits per heavy atom. The molecule has 8 heteroatoms. The highest BCUT2D eigenvalue weighted by molar-refractivity contribution is 6.23. The molecule has 0 aliphatic carbocycles. The highest BCUT2D eigenvalue weighted by Crippen LogP contribution is 2.33. The third-order valence-corrected chi connectivity index (χ3v) is 5.93. The summed E-state index contributed by atoms with van der Waals surface area (Å²) < 4.78 is 13.5. The zero-order valence-corrected chi connectivity index (χ0v) is 19.3. The minimum atomic E-state index is -1.04. The van der Waals surface area contributed by atoms with E-state index in [1.165, 1.54) is 36.1 Å². The van der Waals surface area contributed by atoms with E-state index in [4.69, 9.17) is 0 Å². The number of carbonyl (C=O) groups excluding carboxylic acids is 4. The van der Waals surface area contributed by atoms with Gasteiger partial charge in [-0.25, -0.2) is 9.29 Å². The van der Waals surface area contributed by atoms with Crippen molar-refractivity contribution < 1.29 is 23.6 Å². The zero-order chi connectivity index (χ0) is 25.1. The number of nitrogens with zero attached hydrogens (tertiary/aromatic N) is 2. The summed E-state index contributed by atoms with van der Waals surface area (Å²) in [5.74, 6) is -2.17. The topological polar surface area (TPSA) is 86.8 Å². The van der Waals surface area contributed by atoms with Crippen molar-refractivity contribution in [3.63, 3.8) is 0 Å². The van der Waals surface area contributed by atoms with Crippen molar-refractivity contribution in [2.75, 3.05) is 10.2 Å². The summed E-state index contributed by atoms with van der Waals surface area (Å²) in [6.07, 6.45) is -0.184. The summed E-state index contributed by atoms with van der Waals surface area (Å²) in [7, 11) is 0. The van der Waals surface area contributed by atoms with Crippen LogP contribution in [0.15, 0.2) is 78.9 Å². The number of halogens is 1. The zero-order valence-electron chi connectivity index (χ0n) is 19.3. The summed E-state index contributed by atoms with van der Waals surface area (Å²) in [5.41, 5.74) is 1.88. The van der Waals surface area contributed by atoms with Crippen molar-refractivity contribution in [2.24, 2.45) is 0 Å². The molecular weight excluding hydrogens is 449 g/mol. The lowest BCUT2D eigenvalue weighted by molar-refractivity contribution is -0.123. The van der Waals surface area contributed by atoms with Crippen molar-refractivity contribution in [2.45, 2.75) is 32.4 Å². The van der Waals surface area contributed by atoms with Crippen LogP contribution >= 0.6 is 0 Å². The van der Waals surface area contributed by atoms with E-state index in [1.54, 1.807) is 31.2 Å². The van der Waals surface area contributed by atoms with Crippen LogP contribution in [0.25, 0.3) is 0 Å². The standard InChI is InChI=1S/C27H24FN3O4/c1-17(19-6-4-3-5-7-19)30(26(34)20-8-10-21(28)11-9-20)24-16-25(33)31(27(24)35)23-14-12-22(13-15-23)29-18(2)32/h3-15,17,24H,16H2,1-2H3,(H,29,32). The number of hydrogen-bond acceptors (Lipinski definition) is 4. The van der Waals surface area contributed by atoms with E-state index in [0.717, 1.165) is 10.5 Å². The van der Waals surface area contributed by atoms with E-state index in [9.17, 15) is 23.6 Å². The van der Waals surface area contributed by atoms with Crippen molar-refractivity contribution in [3.8, 4) is 0 Å². The smallest absolute Gasteiger partial charge is 0.257 e. The third kappa shape index (κ3) is 4.96. The molecule has 35 heavy (non-hydrogen) atoms. The highest BCUT2D eigenvalue weighted by atomic mass is 19.1. The molecule has 3 aromatic rings. The molecule has 4 rings (SSSR count). The average Bonchev–Trinajstić information content (AvgIpc) is 3.13. The van der Waals surface area contributed by atoms with E-state index >= 15 is 0 Å². The van der Waals surface area contributed by atoms with Crippen molar-refractivity contribution >= 4 is 35.0 Å². The third-order valence-electron chi connectivity index (χ3n) is 5.93. The summed E-state index contributed by atoms with van der Waals surface area (Å²) in [4.78, 5) is 53.8. The normalized spacial score (nSPS) is 16.2. The van der Waals surface area contributed by atoms with Crippen LogP contribution in [0.5, 0.6) is 0 Å². The molecule has 1 aliphatic heterocycles. The lowest BCUT2D eigenvalue weighted by atomic mass is 10.0. The fourth-order valence-electron chi connectivity index (χ4n) is 4.22. The molecule has 178 valence electrons. The van der Waals surface area contributed by atoms with E-state index in [2.05, 4.69) is 5.32 Å². The molecule has 1 heterocycles. The van der Waals surface area contributed by atoms with Crippen LogP contribution in [0.1, 0.15) is 42.2 Å². The van der Waals surface area contributed by atoms with Gasteiger partial charge < -0.3 is 10.2 Å². The molecule has 0 radical (unpaired) electrons. The Labute approximate surface area is 202 Å². The van der Waals surface area contributed by atoms with Crippen LogP contribution in [-0.4, -0.2) is 34.6 Å². The van der Waals surface area contributed by atoms with Gasteiger partial charge in [-0.05, 0) is 61.0 Å². The molecule has 0 saturated carbocycles. The minimum absolute atomic E-state index is 0.184. The van der Waals surface area contributed by atoms with Gasteiger partial charge in [-0.1, -0.05) is 30.3 Å². The Morgan fingerprint density at radius 1 is 0.971 bits per heavy atom. The van der Waals surface area contributed by atoms with E-state index < -0.39 is 35.6 Å². The van der Waals surface area contributed by atoms with Crippen LogP contribution in [0.4, 0.5) is 15.8 Å². The number of benzene rings is 3. The first-order valence-electron chi connectivity index (χ1n) is 11.1. The second kappa shape index (κ2) is 9.89. The Morgan fingerprint density at radius 2 is 1.60 bits per heavy atom. The summed E-state index contributed by atoms with van der Waals surface area (Å²) in [6, 6.07) is 19.0. The second-order valence-corrected chi connectivity index (χ2v) is 8.32. The SMILES string of the molecule is CC(=O)Nc1ccc(N2C(=O)CC(N(C(=O)c3ccc(F)cc3)C(C)c3ccccc3)C2=O)cc1. The molecule has 0 spiro atoms. The molecule has 2 unspecified atom stereocenters. The Kier molecular flexibility index (Phi) is 6.73. The van der Waals surface area contributed by atoms with Gasteiger partial charge in [0.25, 0.3) is 11.8 Å². The number of hydrogen-bond donors (Lipinski definition) is 1. The van der Waals surface area contributed by atoms with Gasteiger partial charge in [0, 0.05) is 18.2 Å². The van der Waals surface area contributed by atoms with Crippen molar-refractivity contribution in [3.05, 3.63) is 95.8 Å². The first kappa shape index (κ1) is 23.8. The second-order valence-electron chi connectivity index (χ2n) is 8.32. The molecular formula is C27H24FN3O4. The molecule has 7 nitrogen and oxygen atoms in total. The van der Waals surface area contributed by atoms with Crippen molar-refractivity contribution in [1.82, 2.24) is 4.90 Å². The maximum atomic E-state index is 13.6. The predicted octanol–water partition coefficient (Wildman–Crippen LogP) is 4.32. The monoisotopic (exact) mass is 473 g/mol. The first-order chi connectivity index (χ1) is 16.8. The molecule has 2 atom stereocenters. The average molecular weight is 474 g/mol. The number of nitrogens with one attached hydrogen (secondary N) is 1. The van der Waals surface area contributed by atoms with Crippen LogP contribution in [0.3, 0.4) is 0 Å². The summed E-state index contributed by atoms with van der Waals surface area (Å²) in [5, 5.41) is 2.64. The fraction of sp³-hybridized carbons (Fsp3) is 0.185. The molecule has 1 aliphatic rings. The molecule has 1 N–H and O–H groups in total. The Balaban J connectivity index is 1.68. The fourth-order valence-corrected chi connectivity index (χ4v) is 4.22. The van der Waals surface area contributed by atoms with Crippen LogP contribution < -0.4 is 10.2 Å². The van der Waals surface area contributed by atoms with Crippen LogP contribution in [0.2, 0.25) is 0 Å². The van der Waals surface area contributed by atoms with Gasteiger partial charge in [-0.2, -0.15) is 0 Å². The molecule has 0 bridgehead atoms. The van der Waals surface area contributed by atoms with Crippen molar-refractivity contribution in [1.29, 1.82) is 0 Å². The predicted molar refractivity (Wildman–Crippen MR) is 129 cm³/mol. The molecule has 1 fully saturated rings. The van der Waals surface area contributed by atoms with Gasteiger partial charge >= 0.3 is 0 Å². The van der Waals surface area contributed by atoms with Gasteiger partial charge in [-0.15, -0.1) is 0 Å². The van der Waals surface area contributed by atoms with E-state index in [-0.39, 0.29) is 17.9 Å². The largest absolute Gasteiger partial charge is 0.326 e. The number of amides is 4. The minimum Gasteiger partial charge on any atom is -0.326 e. The van der Waals surface area contributed by atoms with E-state index in [1.807, 2.05) is 30.3 Å². The lowest BCUT2D eigenvalue weighted by Crippen LogP contribution is -2.46. The first-order valence-corrected chi connectivity index (χ1v) is 11.1. The summed E-state index contributed by atoms with van der Waals surface area (Å²) in [6.45, 7) is 3.17. The highest BCUT2D eigenvalue weighted by Gasteiger charge is 2.46. The Hall–Kier alpha value is -4.33. The molecule has 3 aromatic carbocycles. The van der Waals surface area contributed by atoms with E-state index in [0.29, 0.717) is 11.4 Å². The van der Waals surface area contributed by atoms with Gasteiger partial charge in [0.2, 0.25) is 11.8 Å². The van der Waals surface area contributed by atoms with Gasteiger partial charge in [0.15, 0.2) is 0 Å². The molecule has 0 aromatic heterocycles. The van der Waals surface area contributed by atoms with Gasteiger partial charge in [0.1, 0.15) is 11.9 Å². The number of rotatable bonds is 6. The van der Waals surface area contributed by atoms with Gasteiger partial charge in [0.05, 0.1) is 18.2 Å². The number of carbonyl (C=O) groups is 4. The van der Waals surface area contributed by atoms with Crippen LogP contribution in [0, 0.1) is 5.82 Å². The Bertz CT molecular complexity index is 1260. The maximum absolute atomic E-state index is 13.6.